The lowest BCUT2D eigenvalue weighted by Gasteiger charge is -2.41. The molecule has 1 saturated carbocycles. The Bertz CT molecular complexity index is 677. The summed E-state index contributed by atoms with van der Waals surface area (Å²) in [4.78, 5) is 30.1. The predicted molar refractivity (Wildman–Crippen MR) is 114 cm³/mol. The molecule has 2 unspecified atom stereocenters. The van der Waals surface area contributed by atoms with Crippen LogP contribution in [0.4, 0.5) is 0 Å². The third kappa shape index (κ3) is 5.30. The van der Waals surface area contributed by atoms with E-state index in [1.54, 1.807) is 7.11 Å². The van der Waals surface area contributed by atoms with Crippen molar-refractivity contribution in [1.82, 2.24) is 15.1 Å². The van der Waals surface area contributed by atoms with E-state index < -0.39 is 0 Å². The molecular formula is C23H35N3O3. The highest BCUT2D eigenvalue weighted by atomic mass is 16.5. The third-order valence-electron chi connectivity index (χ3n) is 6.45. The van der Waals surface area contributed by atoms with Crippen LogP contribution in [0.25, 0.3) is 0 Å². The first kappa shape index (κ1) is 21.6. The summed E-state index contributed by atoms with van der Waals surface area (Å²) >= 11 is 0. The van der Waals surface area contributed by atoms with Crippen molar-refractivity contribution >= 4 is 11.8 Å². The predicted octanol–water partition coefficient (Wildman–Crippen LogP) is 2.93. The number of methoxy groups -OCH3 is 1. The van der Waals surface area contributed by atoms with Crippen LogP contribution in [0.3, 0.4) is 0 Å². The van der Waals surface area contributed by atoms with Crippen LogP contribution < -0.4 is 10.1 Å². The van der Waals surface area contributed by atoms with Crippen LogP contribution in [-0.2, 0) is 4.79 Å². The number of nitrogens with one attached hydrogen (secondary N) is 1. The van der Waals surface area contributed by atoms with Gasteiger partial charge in [-0.3, -0.25) is 14.5 Å². The van der Waals surface area contributed by atoms with Gasteiger partial charge in [0.15, 0.2) is 0 Å². The zero-order chi connectivity index (χ0) is 20.8. The molecule has 6 heteroatoms. The molecule has 1 heterocycles. The van der Waals surface area contributed by atoms with Gasteiger partial charge in [-0.25, -0.2) is 0 Å². The number of piperazine rings is 1. The summed E-state index contributed by atoms with van der Waals surface area (Å²) in [7, 11) is 1.62. The SMILES string of the molecule is CCC(C)NC(=O)C(C1CCCC1)N1CCN(C(=O)c2ccc(OC)cc2)CC1. The summed E-state index contributed by atoms with van der Waals surface area (Å²) < 4.78 is 5.17. The second-order valence-electron chi connectivity index (χ2n) is 8.36. The molecule has 0 radical (unpaired) electrons. The van der Waals surface area contributed by atoms with Crippen LogP contribution in [0.1, 0.15) is 56.3 Å². The van der Waals surface area contributed by atoms with Crippen LogP contribution in [0, 0.1) is 5.92 Å². The van der Waals surface area contributed by atoms with E-state index >= 15 is 0 Å². The first-order valence-corrected chi connectivity index (χ1v) is 11.0. The van der Waals surface area contributed by atoms with Crippen LogP contribution in [-0.4, -0.2) is 67.0 Å². The molecule has 6 nitrogen and oxygen atoms in total. The highest BCUT2D eigenvalue weighted by Crippen LogP contribution is 2.31. The molecule has 2 aliphatic rings. The molecule has 160 valence electrons. The van der Waals surface area contributed by atoms with Gasteiger partial charge in [0, 0.05) is 37.8 Å². The van der Waals surface area contributed by atoms with Crippen molar-refractivity contribution in [3.05, 3.63) is 29.8 Å². The van der Waals surface area contributed by atoms with Crippen molar-refractivity contribution in [2.75, 3.05) is 33.3 Å². The highest BCUT2D eigenvalue weighted by Gasteiger charge is 2.37. The molecule has 1 aromatic rings. The van der Waals surface area contributed by atoms with Gasteiger partial charge in [0.25, 0.3) is 5.91 Å². The van der Waals surface area contributed by atoms with Gasteiger partial charge in [-0.15, -0.1) is 0 Å². The average Bonchev–Trinajstić information content (AvgIpc) is 3.28. The number of hydrogen-bond acceptors (Lipinski definition) is 4. The number of benzene rings is 1. The van der Waals surface area contributed by atoms with Gasteiger partial charge < -0.3 is 15.0 Å². The number of amides is 2. The van der Waals surface area contributed by atoms with Gasteiger partial charge in [-0.05, 0) is 56.4 Å². The first-order chi connectivity index (χ1) is 14.0. The first-order valence-electron chi connectivity index (χ1n) is 11.0. The summed E-state index contributed by atoms with van der Waals surface area (Å²) in [5.41, 5.74) is 0.682. The number of hydrogen-bond donors (Lipinski definition) is 1. The van der Waals surface area contributed by atoms with Crippen molar-refractivity contribution in [2.24, 2.45) is 5.92 Å². The Labute approximate surface area is 174 Å². The lowest BCUT2D eigenvalue weighted by Crippen LogP contribution is -2.58. The standard InChI is InChI=1S/C23H35N3O3/c1-4-17(2)24-22(27)21(18-7-5-6-8-18)25-13-15-26(16-14-25)23(28)19-9-11-20(29-3)12-10-19/h9-12,17-18,21H,4-8,13-16H2,1-3H3,(H,24,27). The maximum Gasteiger partial charge on any atom is 0.253 e. The third-order valence-corrected chi connectivity index (χ3v) is 6.45. The van der Waals surface area contributed by atoms with Gasteiger partial charge in [-0.2, -0.15) is 0 Å². The van der Waals surface area contributed by atoms with Gasteiger partial charge >= 0.3 is 0 Å². The van der Waals surface area contributed by atoms with Crippen LogP contribution in [0.5, 0.6) is 5.75 Å². The lowest BCUT2D eigenvalue weighted by molar-refractivity contribution is -0.129. The molecule has 0 aromatic heterocycles. The Hall–Kier alpha value is -2.08. The highest BCUT2D eigenvalue weighted by molar-refractivity contribution is 5.94. The Kier molecular flexibility index (Phi) is 7.53. The number of ether oxygens (including phenoxy) is 1. The number of rotatable bonds is 7. The molecule has 2 atom stereocenters. The Balaban J connectivity index is 1.62. The van der Waals surface area contributed by atoms with Crippen LogP contribution >= 0.6 is 0 Å². The van der Waals surface area contributed by atoms with Gasteiger partial charge in [0.05, 0.1) is 13.2 Å². The van der Waals surface area contributed by atoms with E-state index in [2.05, 4.69) is 24.1 Å². The minimum atomic E-state index is -0.0651. The largest absolute Gasteiger partial charge is 0.497 e. The zero-order valence-electron chi connectivity index (χ0n) is 18.0. The fourth-order valence-electron chi connectivity index (χ4n) is 4.50. The molecular weight excluding hydrogens is 366 g/mol. The number of carbonyl (C=O) groups is 2. The van der Waals surface area contributed by atoms with Crippen molar-refractivity contribution in [2.45, 2.75) is 58.0 Å². The fourth-order valence-corrected chi connectivity index (χ4v) is 4.50. The maximum absolute atomic E-state index is 13.1. The zero-order valence-corrected chi connectivity index (χ0v) is 18.0. The van der Waals surface area contributed by atoms with E-state index in [1.165, 1.54) is 12.8 Å². The topological polar surface area (TPSA) is 61.9 Å². The van der Waals surface area contributed by atoms with Crippen LogP contribution in [0.15, 0.2) is 24.3 Å². The summed E-state index contributed by atoms with van der Waals surface area (Å²) in [6.07, 6.45) is 5.63. The Morgan fingerprint density at radius 2 is 1.72 bits per heavy atom. The molecule has 1 N–H and O–H groups in total. The average molecular weight is 402 g/mol. The molecule has 0 spiro atoms. The molecule has 1 saturated heterocycles. The molecule has 2 amide bonds. The second kappa shape index (κ2) is 10.1. The van der Waals surface area contributed by atoms with Crippen LogP contribution in [0.2, 0.25) is 0 Å². The van der Waals surface area contributed by atoms with Gasteiger partial charge in [-0.1, -0.05) is 19.8 Å². The molecule has 1 aliphatic heterocycles. The minimum Gasteiger partial charge on any atom is -0.497 e. The minimum absolute atomic E-state index is 0.0498. The summed E-state index contributed by atoms with van der Waals surface area (Å²) in [5.74, 6) is 1.40. The van der Waals surface area contributed by atoms with E-state index in [0.717, 1.165) is 38.1 Å². The molecule has 3 rings (SSSR count). The Morgan fingerprint density at radius 3 is 2.28 bits per heavy atom. The van der Waals surface area contributed by atoms with Crippen molar-refractivity contribution in [3.8, 4) is 5.75 Å². The Morgan fingerprint density at radius 1 is 1.10 bits per heavy atom. The molecule has 0 bridgehead atoms. The molecule has 2 fully saturated rings. The number of nitrogens with zero attached hydrogens (tertiary/aromatic N) is 2. The summed E-state index contributed by atoms with van der Waals surface area (Å²) in [5, 5.41) is 3.20. The van der Waals surface area contributed by atoms with Crippen molar-refractivity contribution in [3.63, 3.8) is 0 Å². The second-order valence-corrected chi connectivity index (χ2v) is 8.36. The summed E-state index contributed by atoms with van der Waals surface area (Å²) in [6.45, 7) is 6.97. The van der Waals surface area contributed by atoms with E-state index in [-0.39, 0.29) is 23.9 Å². The van der Waals surface area contributed by atoms with Crippen molar-refractivity contribution in [1.29, 1.82) is 0 Å². The van der Waals surface area contributed by atoms with Crippen molar-refractivity contribution < 1.29 is 14.3 Å². The van der Waals surface area contributed by atoms with Gasteiger partial charge in [0.2, 0.25) is 5.91 Å². The van der Waals surface area contributed by atoms with Gasteiger partial charge in [0.1, 0.15) is 5.75 Å². The quantitative estimate of drug-likeness (QED) is 0.763. The lowest BCUT2D eigenvalue weighted by atomic mass is 9.94. The monoisotopic (exact) mass is 401 g/mol. The fraction of sp³-hybridized carbons (Fsp3) is 0.652. The summed E-state index contributed by atoms with van der Waals surface area (Å²) in [6, 6.07) is 7.40. The molecule has 1 aromatic carbocycles. The number of carbonyl (C=O) groups excluding carboxylic acids is 2. The smallest absolute Gasteiger partial charge is 0.253 e. The van der Waals surface area contributed by atoms with E-state index in [4.69, 9.17) is 4.74 Å². The maximum atomic E-state index is 13.1. The molecule has 1 aliphatic carbocycles. The molecule has 29 heavy (non-hydrogen) atoms. The van der Waals surface area contributed by atoms with E-state index in [0.29, 0.717) is 24.6 Å². The van der Waals surface area contributed by atoms with E-state index in [9.17, 15) is 9.59 Å². The van der Waals surface area contributed by atoms with E-state index in [1.807, 2.05) is 29.2 Å². The normalized spacial score (nSPS) is 20.3.